The number of anilines is 2. The summed E-state index contributed by atoms with van der Waals surface area (Å²) in [6, 6.07) is 23.0. The number of aryl methyl sites for hydroxylation is 1. The Labute approximate surface area is 292 Å². The number of nitrogens with zero attached hydrogens (tertiary/aromatic N) is 3. The van der Waals surface area contributed by atoms with Crippen LogP contribution in [0.2, 0.25) is 5.02 Å². The quantitative estimate of drug-likeness (QED) is 0.226. The topological polar surface area (TPSA) is 81.2 Å². The van der Waals surface area contributed by atoms with Crippen LogP contribution in [0.1, 0.15) is 24.5 Å². The summed E-state index contributed by atoms with van der Waals surface area (Å²) >= 11 is 8.38. The minimum absolute atomic E-state index is 0.0528. The van der Waals surface area contributed by atoms with E-state index >= 15 is 9.59 Å². The molecule has 250 valence electrons. The molecule has 2 bridgehead atoms. The number of carbonyl (C=O) groups excluding carboxylic acids is 3. The maximum Gasteiger partial charge on any atom is 0.251 e. The van der Waals surface area contributed by atoms with E-state index in [4.69, 9.17) is 11.6 Å². The SMILES string of the molecule is C=CCN(C(=O)[C@@H]1[C@H]2C(=O)N([C@@H](CO)Cc3ccccc3)C(C(=O)N(CC=C)c3c(C)cccc3Cl)C23S[C@@H]1CC3C)c1ccccc1. The van der Waals surface area contributed by atoms with Gasteiger partial charge in [0.05, 0.1) is 39.9 Å². The van der Waals surface area contributed by atoms with Gasteiger partial charge in [0.25, 0.3) is 5.91 Å². The molecular formula is C39H42ClN3O4S. The summed E-state index contributed by atoms with van der Waals surface area (Å²) in [6.07, 6.45) is 4.40. The molecule has 6 rings (SSSR count). The number of hydrogen-bond donors (Lipinski definition) is 1. The lowest BCUT2D eigenvalue weighted by molar-refractivity contribution is -0.141. The van der Waals surface area contributed by atoms with Gasteiger partial charge in [0.15, 0.2) is 0 Å². The fourth-order valence-electron chi connectivity index (χ4n) is 8.32. The average Bonchev–Trinajstić information content (AvgIpc) is 3.69. The molecule has 48 heavy (non-hydrogen) atoms. The van der Waals surface area contributed by atoms with E-state index in [1.54, 1.807) is 44.7 Å². The van der Waals surface area contributed by atoms with Crippen LogP contribution in [0.3, 0.4) is 0 Å². The van der Waals surface area contributed by atoms with Crippen molar-refractivity contribution in [2.45, 2.75) is 48.8 Å². The van der Waals surface area contributed by atoms with Crippen LogP contribution in [0, 0.1) is 24.7 Å². The van der Waals surface area contributed by atoms with Crippen molar-refractivity contribution in [3.63, 3.8) is 0 Å². The zero-order chi connectivity index (χ0) is 34.2. The number of hydrogen-bond acceptors (Lipinski definition) is 5. The average molecular weight is 684 g/mol. The van der Waals surface area contributed by atoms with E-state index in [9.17, 15) is 9.90 Å². The molecule has 9 heteroatoms. The summed E-state index contributed by atoms with van der Waals surface area (Å²) in [5.74, 6) is -2.14. The molecular weight excluding hydrogens is 642 g/mol. The van der Waals surface area contributed by atoms with Gasteiger partial charge in [-0.05, 0) is 55.0 Å². The van der Waals surface area contributed by atoms with Gasteiger partial charge in [0.1, 0.15) is 6.04 Å². The Kier molecular flexibility index (Phi) is 9.88. The lowest BCUT2D eigenvalue weighted by Gasteiger charge is -2.42. The number of para-hydroxylation sites is 2. The first-order valence-corrected chi connectivity index (χ1v) is 17.7. The first-order valence-electron chi connectivity index (χ1n) is 16.5. The number of rotatable bonds is 12. The molecule has 3 aliphatic rings. The highest BCUT2D eigenvalue weighted by atomic mass is 35.5. The summed E-state index contributed by atoms with van der Waals surface area (Å²) in [5.41, 5.74) is 3.06. The second kappa shape index (κ2) is 13.9. The van der Waals surface area contributed by atoms with Gasteiger partial charge in [0, 0.05) is 24.0 Å². The van der Waals surface area contributed by atoms with E-state index in [-0.39, 0.29) is 42.0 Å². The molecule has 3 aromatic rings. The van der Waals surface area contributed by atoms with Crippen LogP contribution in [-0.4, -0.2) is 69.5 Å². The Morgan fingerprint density at radius 1 is 1.00 bits per heavy atom. The van der Waals surface area contributed by atoms with Crippen LogP contribution in [0.4, 0.5) is 11.4 Å². The summed E-state index contributed by atoms with van der Waals surface area (Å²) < 4.78 is -0.894. The van der Waals surface area contributed by atoms with Gasteiger partial charge in [-0.15, -0.1) is 24.9 Å². The Morgan fingerprint density at radius 3 is 2.27 bits per heavy atom. The van der Waals surface area contributed by atoms with E-state index in [0.29, 0.717) is 30.1 Å². The maximum absolute atomic E-state index is 15.3. The number of thioether (sulfide) groups is 1. The number of halogens is 1. The first kappa shape index (κ1) is 34.0. The van der Waals surface area contributed by atoms with Gasteiger partial charge >= 0.3 is 0 Å². The molecule has 3 fully saturated rings. The molecule has 1 spiro atoms. The molecule has 3 aliphatic heterocycles. The largest absolute Gasteiger partial charge is 0.394 e. The number of aliphatic hydroxyl groups is 1. The minimum Gasteiger partial charge on any atom is -0.394 e. The predicted octanol–water partition coefficient (Wildman–Crippen LogP) is 6.33. The van der Waals surface area contributed by atoms with Crippen LogP contribution < -0.4 is 9.80 Å². The lowest BCUT2D eigenvalue weighted by Crippen LogP contribution is -2.60. The fraction of sp³-hybridized carbons (Fsp3) is 0.359. The van der Waals surface area contributed by atoms with Crippen molar-refractivity contribution in [1.29, 1.82) is 0 Å². The molecule has 0 aromatic heterocycles. The van der Waals surface area contributed by atoms with E-state index in [2.05, 4.69) is 20.1 Å². The Hall–Kier alpha value is -3.85. The van der Waals surface area contributed by atoms with Crippen LogP contribution >= 0.6 is 23.4 Å². The highest BCUT2D eigenvalue weighted by Crippen LogP contribution is 2.69. The highest BCUT2D eigenvalue weighted by molar-refractivity contribution is 8.02. The van der Waals surface area contributed by atoms with Crippen molar-refractivity contribution in [3.8, 4) is 0 Å². The minimum atomic E-state index is -0.945. The number of benzene rings is 3. The Morgan fingerprint density at radius 2 is 1.65 bits per heavy atom. The number of amides is 3. The molecule has 1 N–H and O–H groups in total. The molecule has 0 saturated carbocycles. The molecule has 3 heterocycles. The number of carbonyl (C=O) groups is 3. The van der Waals surface area contributed by atoms with Crippen molar-refractivity contribution in [2.24, 2.45) is 17.8 Å². The zero-order valence-corrected chi connectivity index (χ0v) is 28.9. The van der Waals surface area contributed by atoms with Crippen LogP contribution in [0.5, 0.6) is 0 Å². The number of fused-ring (bicyclic) bond motifs is 1. The third-order valence-electron chi connectivity index (χ3n) is 10.3. The summed E-state index contributed by atoms with van der Waals surface area (Å²) in [7, 11) is 0. The fourth-order valence-corrected chi connectivity index (χ4v) is 11.0. The van der Waals surface area contributed by atoms with Gasteiger partial charge in [-0.25, -0.2) is 0 Å². The molecule has 3 amide bonds. The predicted molar refractivity (Wildman–Crippen MR) is 194 cm³/mol. The van der Waals surface area contributed by atoms with Crippen LogP contribution in [0.25, 0.3) is 0 Å². The normalized spacial score (nSPS) is 26.2. The molecule has 0 aliphatic carbocycles. The summed E-state index contributed by atoms with van der Waals surface area (Å²) in [5, 5.41) is 11.2. The summed E-state index contributed by atoms with van der Waals surface area (Å²) in [4.78, 5) is 50.1. The lowest BCUT2D eigenvalue weighted by atomic mass is 9.65. The van der Waals surface area contributed by atoms with Gasteiger partial charge in [-0.1, -0.05) is 91.3 Å². The van der Waals surface area contributed by atoms with Crippen molar-refractivity contribution >= 4 is 52.5 Å². The van der Waals surface area contributed by atoms with E-state index < -0.39 is 28.7 Å². The van der Waals surface area contributed by atoms with E-state index in [1.807, 2.05) is 79.7 Å². The molecule has 3 aromatic carbocycles. The van der Waals surface area contributed by atoms with Gasteiger partial charge in [-0.2, -0.15) is 0 Å². The van der Waals surface area contributed by atoms with Crippen molar-refractivity contribution in [1.82, 2.24) is 4.90 Å². The van der Waals surface area contributed by atoms with Gasteiger partial charge in [-0.3, -0.25) is 14.4 Å². The second-order valence-electron chi connectivity index (χ2n) is 13.0. The third-order valence-corrected chi connectivity index (χ3v) is 12.7. The standard InChI is InChI=1S/C39H42ClN3O4S/c1-5-20-41(28-17-11-8-12-18-28)36(45)32-31-22-26(4)39(48-31)33(32)37(46)43(29(24-44)23-27-15-9-7-10-16-27)35(39)38(47)42(21-6-2)34-25(3)14-13-19-30(34)40/h5-19,26,29,31-33,35,44H,1-2,20-24H2,3-4H3/t26?,29-,31-,32+,33+,35?,39?/m1/s1. The second-order valence-corrected chi connectivity index (χ2v) is 15.0. The first-order chi connectivity index (χ1) is 23.2. The Balaban J connectivity index is 1.50. The molecule has 0 radical (unpaired) electrons. The number of aliphatic hydroxyl groups excluding tert-OH is 1. The highest BCUT2D eigenvalue weighted by Gasteiger charge is 2.77. The van der Waals surface area contributed by atoms with Crippen molar-refractivity contribution in [3.05, 3.63) is 120 Å². The maximum atomic E-state index is 15.3. The Bertz CT molecular complexity index is 1680. The molecule has 3 unspecified atom stereocenters. The monoisotopic (exact) mass is 683 g/mol. The van der Waals surface area contributed by atoms with Crippen LogP contribution in [0.15, 0.2) is 104 Å². The van der Waals surface area contributed by atoms with Crippen molar-refractivity contribution in [2.75, 3.05) is 29.5 Å². The summed E-state index contributed by atoms with van der Waals surface area (Å²) in [6.45, 7) is 12.0. The smallest absolute Gasteiger partial charge is 0.251 e. The zero-order valence-electron chi connectivity index (χ0n) is 27.4. The molecule has 3 saturated heterocycles. The molecule has 7 nitrogen and oxygen atoms in total. The third kappa shape index (κ3) is 5.57. The van der Waals surface area contributed by atoms with Crippen LogP contribution in [-0.2, 0) is 20.8 Å². The molecule has 7 atom stereocenters. The van der Waals surface area contributed by atoms with E-state index in [1.165, 1.54) is 0 Å². The van der Waals surface area contributed by atoms with E-state index in [0.717, 1.165) is 16.8 Å². The van der Waals surface area contributed by atoms with Crippen molar-refractivity contribution < 1.29 is 19.5 Å². The van der Waals surface area contributed by atoms with Gasteiger partial charge < -0.3 is 19.8 Å². The van der Waals surface area contributed by atoms with Gasteiger partial charge in [0.2, 0.25) is 11.8 Å². The number of likely N-dealkylation sites (tertiary alicyclic amines) is 1.